The Morgan fingerprint density at radius 3 is 2.47 bits per heavy atom. The molecule has 0 amide bonds. The van der Waals surface area contributed by atoms with Gasteiger partial charge < -0.3 is 10.5 Å². The van der Waals surface area contributed by atoms with Gasteiger partial charge in [0.2, 0.25) is 0 Å². The van der Waals surface area contributed by atoms with Crippen molar-refractivity contribution in [3.63, 3.8) is 0 Å². The first-order chi connectivity index (χ1) is 8.73. The van der Waals surface area contributed by atoms with Gasteiger partial charge >= 0.3 is 0 Å². The van der Waals surface area contributed by atoms with E-state index in [0.29, 0.717) is 19.4 Å². The van der Waals surface area contributed by atoms with Crippen LogP contribution >= 0.6 is 0 Å². The molecule has 112 valence electrons. The van der Waals surface area contributed by atoms with Gasteiger partial charge in [0.1, 0.15) is 0 Å². The van der Waals surface area contributed by atoms with Crippen LogP contribution in [0.15, 0.2) is 0 Å². The second-order valence-corrected chi connectivity index (χ2v) is 9.28. The lowest BCUT2D eigenvalue weighted by molar-refractivity contribution is -0.0979. The van der Waals surface area contributed by atoms with E-state index in [1.54, 1.807) is 13.8 Å². The van der Waals surface area contributed by atoms with E-state index >= 15 is 0 Å². The summed E-state index contributed by atoms with van der Waals surface area (Å²) in [6.45, 7) is 4.13. The molecule has 0 aromatic heterocycles. The predicted molar refractivity (Wildman–Crippen MR) is 76.8 cm³/mol. The minimum Gasteiger partial charge on any atom is -0.375 e. The third-order valence-electron chi connectivity index (χ3n) is 4.29. The number of rotatable bonds is 3. The van der Waals surface area contributed by atoms with Crippen LogP contribution in [0.2, 0.25) is 0 Å². The highest BCUT2D eigenvalue weighted by atomic mass is 32.2. The van der Waals surface area contributed by atoms with Crippen LogP contribution in [0.3, 0.4) is 0 Å². The van der Waals surface area contributed by atoms with Gasteiger partial charge in [-0.15, -0.1) is 0 Å². The second-order valence-electron chi connectivity index (χ2n) is 7.00. The highest BCUT2D eigenvalue weighted by Crippen LogP contribution is 2.40. The molecular weight excluding hydrogens is 262 g/mol. The molecular formula is C14H27NO3S. The fourth-order valence-electron chi connectivity index (χ4n) is 3.47. The van der Waals surface area contributed by atoms with Crippen molar-refractivity contribution in [1.82, 2.24) is 0 Å². The van der Waals surface area contributed by atoms with Crippen molar-refractivity contribution in [2.75, 3.05) is 12.4 Å². The Labute approximate surface area is 117 Å². The molecule has 1 heterocycles. The molecule has 4 nitrogen and oxygen atoms in total. The second kappa shape index (κ2) is 5.34. The maximum Gasteiger partial charge on any atom is 0.155 e. The monoisotopic (exact) mass is 289 g/mol. The van der Waals surface area contributed by atoms with Gasteiger partial charge in [0, 0.05) is 12.1 Å². The summed E-state index contributed by atoms with van der Waals surface area (Å²) in [4.78, 5) is 0. The number of hydrogen-bond donors (Lipinski definition) is 1. The van der Waals surface area contributed by atoms with Crippen molar-refractivity contribution in [3.8, 4) is 0 Å². The Balaban J connectivity index is 2.08. The number of sulfone groups is 1. The van der Waals surface area contributed by atoms with Crippen molar-refractivity contribution in [1.29, 1.82) is 0 Å². The van der Waals surface area contributed by atoms with E-state index in [1.807, 2.05) is 0 Å². The number of hydrogen-bond acceptors (Lipinski definition) is 4. The summed E-state index contributed by atoms with van der Waals surface area (Å²) < 4.78 is 30.9. The quantitative estimate of drug-likeness (QED) is 0.863. The summed E-state index contributed by atoms with van der Waals surface area (Å²) in [5.41, 5.74) is 5.07. The fourth-order valence-corrected chi connectivity index (χ4v) is 5.76. The molecule has 1 saturated heterocycles. The van der Waals surface area contributed by atoms with E-state index in [-0.39, 0.29) is 16.6 Å². The molecule has 1 aliphatic heterocycles. The normalized spacial score (nSPS) is 28.5. The number of nitrogens with two attached hydrogens (primary N) is 1. The van der Waals surface area contributed by atoms with Gasteiger partial charge in [0.05, 0.1) is 16.6 Å². The standard InChI is InChI=1S/C14H27NO3S/c1-13(2,15)11-19(16,17)12-6-9-18-14(10-12)7-4-3-5-8-14/h12H,3-11,15H2,1-2H3. The summed E-state index contributed by atoms with van der Waals surface area (Å²) >= 11 is 0. The average molecular weight is 289 g/mol. The first-order valence-corrected chi connectivity index (χ1v) is 9.09. The van der Waals surface area contributed by atoms with Crippen LogP contribution in [0, 0.1) is 0 Å². The van der Waals surface area contributed by atoms with E-state index in [4.69, 9.17) is 10.5 Å². The van der Waals surface area contributed by atoms with Crippen molar-refractivity contribution in [2.24, 2.45) is 5.73 Å². The van der Waals surface area contributed by atoms with E-state index in [0.717, 1.165) is 25.7 Å². The van der Waals surface area contributed by atoms with Crippen LogP contribution in [0.1, 0.15) is 58.8 Å². The first kappa shape index (κ1) is 15.3. The minimum absolute atomic E-state index is 0.0702. The zero-order valence-electron chi connectivity index (χ0n) is 12.2. The van der Waals surface area contributed by atoms with Crippen LogP contribution in [0.25, 0.3) is 0 Å². The Kier molecular flexibility index (Phi) is 4.29. The van der Waals surface area contributed by atoms with Crippen LogP contribution in [0.4, 0.5) is 0 Å². The maximum atomic E-state index is 12.5. The van der Waals surface area contributed by atoms with E-state index in [2.05, 4.69) is 0 Å². The molecule has 2 N–H and O–H groups in total. The zero-order chi connectivity index (χ0) is 14.1. The van der Waals surface area contributed by atoms with Gasteiger partial charge in [0.25, 0.3) is 0 Å². The Morgan fingerprint density at radius 1 is 1.26 bits per heavy atom. The summed E-state index contributed by atoms with van der Waals surface area (Å²) in [5, 5.41) is -0.262. The highest BCUT2D eigenvalue weighted by molar-refractivity contribution is 7.92. The van der Waals surface area contributed by atoms with Crippen LogP contribution in [0.5, 0.6) is 0 Å². The molecule has 0 aromatic rings. The van der Waals surface area contributed by atoms with Gasteiger partial charge in [0.15, 0.2) is 9.84 Å². The smallest absolute Gasteiger partial charge is 0.155 e. The van der Waals surface area contributed by atoms with Crippen LogP contribution in [-0.2, 0) is 14.6 Å². The maximum absolute atomic E-state index is 12.5. The fraction of sp³-hybridized carbons (Fsp3) is 1.00. The summed E-state index contributed by atoms with van der Waals surface area (Å²) in [5.74, 6) is 0.0702. The lowest BCUT2D eigenvalue weighted by Crippen LogP contribution is -2.49. The highest BCUT2D eigenvalue weighted by Gasteiger charge is 2.43. The molecule has 1 unspecified atom stereocenters. The zero-order valence-corrected chi connectivity index (χ0v) is 13.0. The van der Waals surface area contributed by atoms with Gasteiger partial charge in [-0.05, 0) is 39.5 Å². The molecule has 2 rings (SSSR count). The molecule has 0 bridgehead atoms. The van der Waals surface area contributed by atoms with Gasteiger partial charge in [-0.1, -0.05) is 19.3 Å². The molecule has 1 saturated carbocycles. The largest absolute Gasteiger partial charge is 0.375 e. The molecule has 0 aromatic carbocycles. The molecule has 2 fully saturated rings. The minimum atomic E-state index is -3.12. The SMILES string of the molecule is CC(C)(N)CS(=O)(=O)C1CCOC2(CCCCC2)C1. The molecule has 1 spiro atoms. The summed E-state index contributed by atoms with van der Waals surface area (Å²) in [6.07, 6.45) is 6.91. The van der Waals surface area contributed by atoms with Crippen LogP contribution < -0.4 is 5.73 Å². The van der Waals surface area contributed by atoms with Crippen molar-refractivity contribution in [3.05, 3.63) is 0 Å². The predicted octanol–water partition coefficient (Wildman–Crippen LogP) is 2.02. The lowest BCUT2D eigenvalue weighted by Gasteiger charge is -2.43. The van der Waals surface area contributed by atoms with Gasteiger partial charge in [-0.3, -0.25) is 0 Å². The van der Waals surface area contributed by atoms with E-state index < -0.39 is 15.4 Å². The van der Waals surface area contributed by atoms with Gasteiger partial charge in [-0.2, -0.15) is 0 Å². The first-order valence-electron chi connectivity index (χ1n) is 7.37. The molecule has 0 radical (unpaired) electrons. The van der Waals surface area contributed by atoms with Crippen molar-refractivity contribution >= 4 is 9.84 Å². The molecule has 19 heavy (non-hydrogen) atoms. The summed E-state index contributed by atoms with van der Waals surface area (Å²) in [7, 11) is -3.12. The number of ether oxygens (including phenoxy) is 1. The third kappa shape index (κ3) is 3.92. The van der Waals surface area contributed by atoms with Crippen molar-refractivity contribution < 1.29 is 13.2 Å². The Bertz CT molecular complexity index is 399. The van der Waals surface area contributed by atoms with Crippen molar-refractivity contribution in [2.45, 2.75) is 75.2 Å². The Hall–Kier alpha value is -0.130. The molecule has 5 heteroatoms. The average Bonchev–Trinajstić information content (AvgIpc) is 2.27. The van der Waals surface area contributed by atoms with E-state index in [1.165, 1.54) is 6.42 Å². The topological polar surface area (TPSA) is 69.4 Å². The van der Waals surface area contributed by atoms with E-state index in [9.17, 15) is 8.42 Å². The third-order valence-corrected chi connectivity index (χ3v) is 6.86. The molecule has 1 atom stereocenters. The Morgan fingerprint density at radius 2 is 1.89 bits per heavy atom. The van der Waals surface area contributed by atoms with Crippen LogP contribution in [-0.4, -0.2) is 37.2 Å². The molecule has 2 aliphatic rings. The molecule has 1 aliphatic carbocycles. The summed E-state index contributed by atoms with van der Waals surface area (Å²) in [6, 6.07) is 0. The van der Waals surface area contributed by atoms with Gasteiger partial charge in [-0.25, -0.2) is 8.42 Å². The lowest BCUT2D eigenvalue weighted by atomic mass is 9.80.